The van der Waals surface area contributed by atoms with E-state index in [-0.39, 0.29) is 24.0 Å². The maximum absolute atomic E-state index is 5.87. The zero-order chi connectivity index (χ0) is 17.4. The van der Waals surface area contributed by atoms with Crippen molar-refractivity contribution in [3.8, 4) is 11.5 Å². The fourth-order valence-electron chi connectivity index (χ4n) is 2.89. The van der Waals surface area contributed by atoms with E-state index in [1.54, 1.807) is 14.2 Å². The molecule has 2 rings (SSSR count). The van der Waals surface area contributed by atoms with Gasteiger partial charge in [0.2, 0.25) is 0 Å². The van der Waals surface area contributed by atoms with Crippen LogP contribution in [0.2, 0.25) is 0 Å². The van der Waals surface area contributed by atoms with E-state index in [0.29, 0.717) is 5.96 Å². The number of halogens is 1. The van der Waals surface area contributed by atoms with E-state index in [1.165, 1.54) is 11.1 Å². The molecule has 0 saturated heterocycles. The minimum absolute atomic E-state index is 0. The van der Waals surface area contributed by atoms with Crippen molar-refractivity contribution < 1.29 is 9.47 Å². The molecular weight excluding hydrogens is 431 g/mol. The van der Waals surface area contributed by atoms with Gasteiger partial charge in [0, 0.05) is 32.7 Å². The first-order chi connectivity index (χ1) is 11.7. The first-order valence-electron chi connectivity index (χ1n) is 8.67. The van der Waals surface area contributed by atoms with Crippen molar-refractivity contribution in [1.82, 2.24) is 10.2 Å². The number of methoxy groups -OCH3 is 2. The molecule has 0 spiro atoms. The highest BCUT2D eigenvalue weighted by Gasteiger charge is 2.19. The molecule has 3 N–H and O–H groups in total. The van der Waals surface area contributed by atoms with Crippen molar-refractivity contribution in [2.75, 3.05) is 40.4 Å². The SMILES string of the molecule is CCCCN=C(N)NCCN1CCc2cc(OC)c(OC)cc2C1.I. The van der Waals surface area contributed by atoms with Gasteiger partial charge in [-0.2, -0.15) is 0 Å². The Hall–Kier alpha value is -1.22. The molecule has 1 aromatic rings. The number of ether oxygens (including phenoxy) is 2. The highest BCUT2D eigenvalue weighted by atomic mass is 127. The predicted molar refractivity (Wildman–Crippen MR) is 113 cm³/mol. The highest BCUT2D eigenvalue weighted by Crippen LogP contribution is 2.33. The van der Waals surface area contributed by atoms with Crippen molar-refractivity contribution in [3.05, 3.63) is 23.3 Å². The Morgan fingerprint density at radius 1 is 1.24 bits per heavy atom. The van der Waals surface area contributed by atoms with E-state index in [0.717, 1.165) is 63.5 Å². The van der Waals surface area contributed by atoms with Gasteiger partial charge in [0.15, 0.2) is 17.5 Å². The molecule has 1 aliphatic heterocycles. The number of guanidine groups is 1. The minimum atomic E-state index is 0. The number of hydrogen-bond acceptors (Lipinski definition) is 4. The van der Waals surface area contributed by atoms with E-state index in [4.69, 9.17) is 15.2 Å². The van der Waals surface area contributed by atoms with Crippen molar-refractivity contribution in [2.24, 2.45) is 10.7 Å². The standard InChI is InChI=1S/C18H30N4O2.HI/c1-4-5-7-20-18(19)21-8-10-22-9-6-14-11-16(23-2)17(24-3)12-15(14)13-22;/h11-12H,4-10,13H2,1-3H3,(H3,19,20,21);1H. The Labute approximate surface area is 168 Å². The van der Waals surface area contributed by atoms with Gasteiger partial charge in [0.1, 0.15) is 0 Å². The molecule has 0 unspecified atom stereocenters. The summed E-state index contributed by atoms with van der Waals surface area (Å²) in [7, 11) is 3.35. The number of unbranched alkanes of at least 4 members (excludes halogenated alkanes) is 1. The molecule has 1 aromatic carbocycles. The van der Waals surface area contributed by atoms with E-state index in [2.05, 4.69) is 34.3 Å². The van der Waals surface area contributed by atoms with Crippen LogP contribution >= 0.6 is 24.0 Å². The van der Waals surface area contributed by atoms with E-state index >= 15 is 0 Å². The summed E-state index contributed by atoms with van der Waals surface area (Å²) in [6.07, 6.45) is 3.24. The molecule has 7 heteroatoms. The van der Waals surface area contributed by atoms with Gasteiger partial charge in [0.25, 0.3) is 0 Å². The zero-order valence-electron chi connectivity index (χ0n) is 15.5. The monoisotopic (exact) mass is 462 g/mol. The third-order valence-corrected chi connectivity index (χ3v) is 4.33. The number of hydrogen-bond donors (Lipinski definition) is 2. The second kappa shape index (κ2) is 11.4. The van der Waals surface area contributed by atoms with Crippen LogP contribution in [0.3, 0.4) is 0 Å². The Morgan fingerprint density at radius 2 is 1.92 bits per heavy atom. The van der Waals surface area contributed by atoms with E-state index in [1.807, 2.05) is 0 Å². The average molecular weight is 462 g/mol. The van der Waals surface area contributed by atoms with Crippen LogP contribution < -0.4 is 20.5 Å². The Morgan fingerprint density at radius 3 is 2.56 bits per heavy atom. The summed E-state index contributed by atoms with van der Waals surface area (Å²) in [4.78, 5) is 6.73. The highest BCUT2D eigenvalue weighted by molar-refractivity contribution is 14.0. The van der Waals surface area contributed by atoms with Gasteiger partial charge in [-0.25, -0.2) is 0 Å². The van der Waals surface area contributed by atoms with Crippen molar-refractivity contribution in [1.29, 1.82) is 0 Å². The Kier molecular flexibility index (Phi) is 9.96. The maximum atomic E-state index is 5.87. The van der Waals surface area contributed by atoms with Crippen molar-refractivity contribution in [3.63, 3.8) is 0 Å². The molecule has 0 aromatic heterocycles. The molecule has 142 valence electrons. The maximum Gasteiger partial charge on any atom is 0.188 e. The first kappa shape index (κ1) is 21.8. The third-order valence-electron chi connectivity index (χ3n) is 4.33. The predicted octanol–water partition coefficient (Wildman–Crippen LogP) is 2.38. The molecule has 6 nitrogen and oxygen atoms in total. The molecule has 0 aliphatic carbocycles. The summed E-state index contributed by atoms with van der Waals surface area (Å²) in [5.74, 6) is 2.15. The van der Waals surface area contributed by atoms with Gasteiger partial charge >= 0.3 is 0 Å². The van der Waals surface area contributed by atoms with Gasteiger partial charge in [-0.1, -0.05) is 13.3 Å². The topological polar surface area (TPSA) is 72.1 Å². The number of rotatable bonds is 8. The summed E-state index contributed by atoms with van der Waals surface area (Å²) in [6.45, 7) is 6.66. The number of nitrogens with zero attached hydrogens (tertiary/aromatic N) is 2. The summed E-state index contributed by atoms with van der Waals surface area (Å²) in [5.41, 5.74) is 8.52. The Bertz CT molecular complexity index is 566. The minimum Gasteiger partial charge on any atom is -0.493 e. The summed E-state index contributed by atoms with van der Waals surface area (Å²) < 4.78 is 10.8. The van der Waals surface area contributed by atoms with Crippen LogP contribution in [-0.2, 0) is 13.0 Å². The molecule has 0 saturated carbocycles. The van der Waals surface area contributed by atoms with Gasteiger partial charge in [-0.3, -0.25) is 9.89 Å². The molecular formula is C18H31IN4O2. The van der Waals surface area contributed by atoms with Crippen molar-refractivity contribution >= 4 is 29.9 Å². The van der Waals surface area contributed by atoms with Gasteiger partial charge in [-0.15, -0.1) is 24.0 Å². The van der Waals surface area contributed by atoms with Crippen LogP contribution in [0.5, 0.6) is 11.5 Å². The lowest BCUT2D eigenvalue weighted by Crippen LogP contribution is -2.40. The lowest BCUT2D eigenvalue weighted by molar-refractivity contribution is 0.256. The lowest BCUT2D eigenvalue weighted by atomic mass is 9.99. The fraction of sp³-hybridized carbons (Fsp3) is 0.611. The number of benzene rings is 1. The fourth-order valence-corrected chi connectivity index (χ4v) is 2.89. The molecule has 0 bridgehead atoms. The zero-order valence-corrected chi connectivity index (χ0v) is 17.8. The molecule has 0 fully saturated rings. The normalized spacial score (nSPS) is 14.4. The lowest BCUT2D eigenvalue weighted by Gasteiger charge is -2.29. The summed E-state index contributed by atoms with van der Waals surface area (Å²) in [5, 5.41) is 3.19. The van der Waals surface area contributed by atoms with Crippen LogP contribution in [0.4, 0.5) is 0 Å². The third kappa shape index (κ3) is 6.54. The second-order valence-electron chi connectivity index (χ2n) is 6.05. The van der Waals surface area contributed by atoms with Crippen LogP contribution in [0.15, 0.2) is 17.1 Å². The molecule has 0 atom stereocenters. The first-order valence-corrected chi connectivity index (χ1v) is 8.67. The van der Waals surface area contributed by atoms with E-state index in [9.17, 15) is 0 Å². The van der Waals surface area contributed by atoms with Gasteiger partial charge < -0.3 is 20.5 Å². The average Bonchev–Trinajstić information content (AvgIpc) is 2.60. The van der Waals surface area contributed by atoms with Crippen molar-refractivity contribution in [2.45, 2.75) is 32.7 Å². The van der Waals surface area contributed by atoms with E-state index < -0.39 is 0 Å². The molecule has 1 heterocycles. The van der Waals surface area contributed by atoms with Crippen LogP contribution in [0.1, 0.15) is 30.9 Å². The van der Waals surface area contributed by atoms with Crippen LogP contribution in [-0.4, -0.2) is 51.3 Å². The summed E-state index contributed by atoms with van der Waals surface area (Å²) >= 11 is 0. The summed E-state index contributed by atoms with van der Waals surface area (Å²) in [6, 6.07) is 4.19. The Balaban J connectivity index is 0.00000312. The molecule has 1 aliphatic rings. The van der Waals surface area contributed by atoms with Crippen LogP contribution in [0.25, 0.3) is 0 Å². The smallest absolute Gasteiger partial charge is 0.188 e. The quantitative estimate of drug-likeness (QED) is 0.269. The molecule has 25 heavy (non-hydrogen) atoms. The number of aliphatic imine (C=N–C) groups is 1. The van der Waals surface area contributed by atoms with Gasteiger partial charge in [0.05, 0.1) is 14.2 Å². The molecule has 0 radical (unpaired) electrons. The molecule has 0 amide bonds. The number of fused-ring (bicyclic) bond motifs is 1. The number of nitrogens with two attached hydrogens (primary N) is 1. The van der Waals surface area contributed by atoms with Gasteiger partial charge in [-0.05, 0) is 36.1 Å². The second-order valence-corrected chi connectivity index (χ2v) is 6.05. The van der Waals surface area contributed by atoms with Crippen LogP contribution in [0, 0.1) is 0 Å². The number of nitrogens with one attached hydrogen (secondary N) is 1. The largest absolute Gasteiger partial charge is 0.493 e.